The molecule has 5 heteroatoms. The zero-order valence-electron chi connectivity index (χ0n) is 10.3. The van der Waals surface area contributed by atoms with Crippen LogP contribution in [-0.2, 0) is 0 Å². The summed E-state index contributed by atoms with van der Waals surface area (Å²) in [5, 5.41) is 0. The van der Waals surface area contributed by atoms with Gasteiger partial charge >= 0.3 is 0 Å². The lowest BCUT2D eigenvalue weighted by atomic mass is 10.1. The Morgan fingerprint density at radius 1 is 1.17 bits per heavy atom. The lowest BCUT2D eigenvalue weighted by Gasteiger charge is -2.08. The Bertz CT molecular complexity index is 677. The van der Waals surface area contributed by atoms with Gasteiger partial charge < -0.3 is 4.98 Å². The van der Waals surface area contributed by atoms with E-state index in [1.807, 2.05) is 0 Å². The van der Waals surface area contributed by atoms with Gasteiger partial charge in [-0.3, -0.25) is 4.79 Å². The zero-order chi connectivity index (χ0) is 13.4. The lowest BCUT2D eigenvalue weighted by Crippen LogP contribution is -2.16. The van der Waals surface area contributed by atoms with Crippen LogP contribution >= 0.6 is 0 Å². The van der Waals surface area contributed by atoms with E-state index >= 15 is 0 Å². The summed E-state index contributed by atoms with van der Waals surface area (Å²) in [4.78, 5) is 18.3. The zero-order valence-corrected chi connectivity index (χ0v) is 10.3. The van der Waals surface area contributed by atoms with Gasteiger partial charge in [0, 0.05) is 5.69 Å². The molecule has 0 spiro atoms. The molecule has 0 aliphatic rings. The van der Waals surface area contributed by atoms with Crippen molar-refractivity contribution >= 4 is 0 Å². The predicted octanol–water partition coefficient (Wildman–Crippen LogP) is 2.64. The number of halogens is 2. The van der Waals surface area contributed by atoms with E-state index in [2.05, 4.69) is 9.97 Å². The van der Waals surface area contributed by atoms with E-state index in [0.717, 1.165) is 6.07 Å². The fraction of sp³-hybridized carbons (Fsp3) is 0.231. The molecular formula is C13H12F2N2O. The van der Waals surface area contributed by atoms with E-state index in [4.69, 9.17) is 0 Å². The van der Waals surface area contributed by atoms with Crippen molar-refractivity contribution in [2.24, 2.45) is 0 Å². The largest absolute Gasteiger partial charge is 0.323 e. The third kappa shape index (κ3) is 1.92. The van der Waals surface area contributed by atoms with E-state index in [1.165, 1.54) is 13.0 Å². The van der Waals surface area contributed by atoms with Crippen molar-refractivity contribution in [1.82, 2.24) is 9.97 Å². The highest BCUT2D eigenvalue weighted by molar-refractivity contribution is 5.61. The Hall–Kier alpha value is -2.04. The van der Waals surface area contributed by atoms with Crippen LogP contribution in [0.2, 0.25) is 0 Å². The summed E-state index contributed by atoms with van der Waals surface area (Å²) in [7, 11) is 0. The number of aryl methyl sites for hydroxylation is 3. The van der Waals surface area contributed by atoms with Crippen LogP contribution in [0.25, 0.3) is 11.3 Å². The summed E-state index contributed by atoms with van der Waals surface area (Å²) in [6.45, 7) is 4.85. The Balaban J connectivity index is 2.82. The van der Waals surface area contributed by atoms with Gasteiger partial charge in [0.15, 0.2) is 0 Å². The van der Waals surface area contributed by atoms with Crippen LogP contribution in [0.15, 0.2) is 16.9 Å². The lowest BCUT2D eigenvalue weighted by molar-refractivity contribution is 0.582. The first kappa shape index (κ1) is 12.4. The molecule has 18 heavy (non-hydrogen) atoms. The van der Waals surface area contributed by atoms with Crippen molar-refractivity contribution in [3.63, 3.8) is 0 Å². The maximum atomic E-state index is 13.9. The van der Waals surface area contributed by atoms with Crippen LogP contribution in [0.4, 0.5) is 8.78 Å². The molecule has 0 saturated carbocycles. The smallest absolute Gasteiger partial charge is 0.274 e. The van der Waals surface area contributed by atoms with Crippen LogP contribution in [0.3, 0.4) is 0 Å². The number of hydrogen-bond acceptors (Lipinski definition) is 2. The van der Waals surface area contributed by atoms with Gasteiger partial charge in [0.25, 0.3) is 5.56 Å². The van der Waals surface area contributed by atoms with Gasteiger partial charge in [-0.2, -0.15) is 0 Å². The molecule has 0 saturated heterocycles. The van der Waals surface area contributed by atoms with E-state index in [9.17, 15) is 13.6 Å². The molecule has 94 valence electrons. The minimum atomic E-state index is -0.792. The van der Waals surface area contributed by atoms with Crippen LogP contribution in [-0.4, -0.2) is 9.97 Å². The van der Waals surface area contributed by atoms with Crippen molar-refractivity contribution < 1.29 is 8.78 Å². The standard InChI is InChI=1S/C13H12F2N2O/c1-6-4-5-9(14)10(11(6)15)12-13(18)17-8(3)7(2)16-12/h4-5H,1-3H3,(H,17,18). The number of aromatic amines is 1. The molecule has 0 radical (unpaired) electrons. The molecule has 3 nitrogen and oxygen atoms in total. The number of hydrogen-bond donors (Lipinski definition) is 1. The number of benzene rings is 1. The average molecular weight is 250 g/mol. The quantitative estimate of drug-likeness (QED) is 0.845. The van der Waals surface area contributed by atoms with Crippen LogP contribution in [0.1, 0.15) is 17.0 Å². The van der Waals surface area contributed by atoms with Crippen molar-refractivity contribution in [3.8, 4) is 11.3 Å². The predicted molar refractivity (Wildman–Crippen MR) is 64.4 cm³/mol. The Morgan fingerprint density at radius 2 is 1.83 bits per heavy atom. The molecule has 2 aromatic rings. The maximum Gasteiger partial charge on any atom is 0.274 e. The molecule has 1 heterocycles. The molecule has 0 unspecified atom stereocenters. The molecule has 0 fully saturated rings. The summed E-state index contributed by atoms with van der Waals surface area (Å²) in [5.74, 6) is -1.55. The van der Waals surface area contributed by atoms with Crippen LogP contribution < -0.4 is 5.56 Å². The monoisotopic (exact) mass is 250 g/mol. The Kier molecular flexibility index (Phi) is 2.98. The van der Waals surface area contributed by atoms with Crippen molar-refractivity contribution in [2.75, 3.05) is 0 Å². The highest BCUT2D eigenvalue weighted by atomic mass is 19.1. The van der Waals surface area contributed by atoms with Gasteiger partial charge in [0.1, 0.15) is 17.3 Å². The van der Waals surface area contributed by atoms with Crippen molar-refractivity contribution in [3.05, 3.63) is 51.1 Å². The van der Waals surface area contributed by atoms with E-state index in [-0.39, 0.29) is 16.8 Å². The minimum Gasteiger partial charge on any atom is -0.323 e. The number of nitrogens with one attached hydrogen (secondary N) is 1. The third-order valence-corrected chi connectivity index (χ3v) is 2.86. The molecule has 1 aromatic carbocycles. The van der Waals surface area contributed by atoms with E-state index < -0.39 is 17.2 Å². The molecule has 0 aliphatic heterocycles. The minimum absolute atomic E-state index is 0.225. The van der Waals surface area contributed by atoms with Crippen LogP contribution in [0.5, 0.6) is 0 Å². The normalized spacial score (nSPS) is 10.7. The second kappa shape index (κ2) is 4.33. The Morgan fingerprint density at radius 3 is 2.50 bits per heavy atom. The summed E-state index contributed by atoms with van der Waals surface area (Å²) in [6, 6.07) is 2.45. The summed E-state index contributed by atoms with van der Waals surface area (Å²) in [6.07, 6.45) is 0. The molecule has 1 aromatic heterocycles. The molecule has 0 amide bonds. The fourth-order valence-corrected chi connectivity index (χ4v) is 1.67. The fourth-order valence-electron chi connectivity index (χ4n) is 1.67. The first-order valence-electron chi connectivity index (χ1n) is 5.44. The van der Waals surface area contributed by atoms with Gasteiger partial charge in [-0.1, -0.05) is 6.07 Å². The number of H-pyrrole nitrogens is 1. The molecule has 2 rings (SSSR count). The maximum absolute atomic E-state index is 13.9. The topological polar surface area (TPSA) is 45.8 Å². The average Bonchev–Trinajstić information content (AvgIpc) is 2.31. The third-order valence-electron chi connectivity index (χ3n) is 2.86. The molecular weight excluding hydrogens is 238 g/mol. The van der Waals surface area contributed by atoms with Crippen molar-refractivity contribution in [2.45, 2.75) is 20.8 Å². The van der Waals surface area contributed by atoms with E-state index in [0.29, 0.717) is 11.4 Å². The highest BCUT2D eigenvalue weighted by Gasteiger charge is 2.18. The van der Waals surface area contributed by atoms with Gasteiger partial charge in [0.2, 0.25) is 0 Å². The number of aromatic nitrogens is 2. The van der Waals surface area contributed by atoms with Gasteiger partial charge in [-0.15, -0.1) is 0 Å². The summed E-state index contributed by atoms with van der Waals surface area (Å²) < 4.78 is 27.6. The van der Waals surface area contributed by atoms with Gasteiger partial charge in [-0.05, 0) is 32.4 Å². The molecule has 0 atom stereocenters. The number of rotatable bonds is 1. The second-order valence-corrected chi connectivity index (χ2v) is 4.18. The first-order chi connectivity index (χ1) is 8.41. The first-order valence-corrected chi connectivity index (χ1v) is 5.44. The van der Waals surface area contributed by atoms with Gasteiger partial charge in [-0.25, -0.2) is 13.8 Å². The summed E-state index contributed by atoms with van der Waals surface area (Å²) in [5.41, 5.74) is 0.186. The number of nitrogens with zero attached hydrogens (tertiary/aromatic N) is 1. The van der Waals surface area contributed by atoms with Crippen molar-refractivity contribution in [1.29, 1.82) is 0 Å². The van der Waals surface area contributed by atoms with Crippen LogP contribution in [0, 0.1) is 32.4 Å². The van der Waals surface area contributed by atoms with Gasteiger partial charge in [0.05, 0.1) is 11.3 Å². The summed E-state index contributed by atoms with van der Waals surface area (Å²) >= 11 is 0. The highest BCUT2D eigenvalue weighted by Crippen LogP contribution is 2.24. The second-order valence-electron chi connectivity index (χ2n) is 4.18. The Labute approximate surface area is 103 Å². The van der Waals surface area contributed by atoms with E-state index in [1.54, 1.807) is 13.8 Å². The molecule has 0 aliphatic carbocycles. The molecule has 1 N–H and O–H groups in total. The molecule has 0 bridgehead atoms. The SMILES string of the molecule is Cc1ccc(F)c(-c2nc(C)c(C)[nH]c2=O)c1F.